The maximum atomic E-state index is 5.70. The molecule has 0 unspecified atom stereocenters. The average Bonchev–Trinajstić information content (AvgIpc) is 2.73. The van der Waals surface area contributed by atoms with Gasteiger partial charge >= 0.3 is 0 Å². The van der Waals surface area contributed by atoms with E-state index in [1.807, 2.05) is 41.9 Å². The summed E-state index contributed by atoms with van der Waals surface area (Å²) in [4.78, 5) is 12.6. The second-order valence-electron chi connectivity index (χ2n) is 3.95. The highest BCUT2D eigenvalue weighted by atomic mass is 15.2. The molecule has 18 heavy (non-hydrogen) atoms. The normalized spacial score (nSPS) is 10.7. The van der Waals surface area contributed by atoms with E-state index in [0.29, 0.717) is 17.0 Å². The van der Waals surface area contributed by atoms with E-state index in [9.17, 15) is 0 Å². The zero-order valence-electron chi connectivity index (χ0n) is 9.83. The lowest BCUT2D eigenvalue weighted by molar-refractivity contribution is 0.930. The molecule has 3 rings (SSSR count). The van der Waals surface area contributed by atoms with E-state index in [1.54, 1.807) is 6.33 Å². The van der Waals surface area contributed by atoms with Gasteiger partial charge in [0.15, 0.2) is 17.0 Å². The molecule has 1 aromatic carbocycles. The molecule has 0 atom stereocenters. The number of nitrogens with zero attached hydrogens (tertiary/aromatic N) is 4. The highest BCUT2D eigenvalue weighted by Crippen LogP contribution is 2.22. The van der Waals surface area contributed by atoms with E-state index in [-0.39, 0.29) is 5.95 Å². The maximum absolute atomic E-state index is 5.70. The van der Waals surface area contributed by atoms with E-state index in [4.69, 9.17) is 5.73 Å². The second-order valence-corrected chi connectivity index (χ2v) is 3.95. The van der Waals surface area contributed by atoms with Crippen molar-refractivity contribution in [2.45, 2.75) is 0 Å². The largest absolute Gasteiger partial charge is 0.368 e. The van der Waals surface area contributed by atoms with Crippen LogP contribution in [-0.4, -0.2) is 19.5 Å². The van der Waals surface area contributed by atoms with E-state index in [2.05, 4.69) is 20.3 Å². The van der Waals surface area contributed by atoms with Gasteiger partial charge in [-0.25, -0.2) is 4.98 Å². The number of aryl methyl sites for hydroxylation is 1. The topological polar surface area (TPSA) is 81.7 Å². The Morgan fingerprint density at radius 1 is 1.17 bits per heavy atom. The summed E-state index contributed by atoms with van der Waals surface area (Å²) in [6.07, 6.45) is 1.69. The number of aromatic nitrogens is 4. The molecule has 6 heteroatoms. The van der Waals surface area contributed by atoms with Crippen LogP contribution in [0.5, 0.6) is 0 Å². The highest BCUT2D eigenvalue weighted by Gasteiger charge is 2.10. The minimum Gasteiger partial charge on any atom is -0.368 e. The van der Waals surface area contributed by atoms with E-state index in [1.165, 1.54) is 0 Å². The molecule has 0 radical (unpaired) electrons. The zero-order chi connectivity index (χ0) is 12.5. The Kier molecular flexibility index (Phi) is 2.33. The fourth-order valence-corrected chi connectivity index (χ4v) is 1.77. The number of para-hydroxylation sites is 1. The SMILES string of the molecule is Cn1cnc2c(Nc3ccccc3)nc(N)nc21. The van der Waals surface area contributed by atoms with Gasteiger partial charge in [0.25, 0.3) is 0 Å². The summed E-state index contributed by atoms with van der Waals surface area (Å²) >= 11 is 0. The van der Waals surface area contributed by atoms with Crippen LogP contribution in [0.15, 0.2) is 36.7 Å². The molecule has 3 aromatic rings. The number of nitrogen functional groups attached to an aromatic ring is 1. The molecule has 0 aliphatic rings. The van der Waals surface area contributed by atoms with Crippen LogP contribution >= 0.6 is 0 Å². The Morgan fingerprint density at radius 3 is 2.72 bits per heavy atom. The van der Waals surface area contributed by atoms with Gasteiger partial charge < -0.3 is 15.6 Å². The van der Waals surface area contributed by atoms with Crippen molar-refractivity contribution < 1.29 is 0 Å². The number of imidazole rings is 1. The molecule has 0 aliphatic carbocycles. The smallest absolute Gasteiger partial charge is 0.224 e. The number of fused-ring (bicyclic) bond motifs is 1. The first-order chi connectivity index (χ1) is 8.74. The predicted molar refractivity (Wildman–Crippen MR) is 70.4 cm³/mol. The Labute approximate surface area is 104 Å². The van der Waals surface area contributed by atoms with Crippen LogP contribution in [-0.2, 0) is 7.05 Å². The molecule has 90 valence electrons. The molecule has 0 aliphatic heterocycles. The molecule has 0 bridgehead atoms. The quantitative estimate of drug-likeness (QED) is 0.712. The fraction of sp³-hybridized carbons (Fsp3) is 0.0833. The van der Waals surface area contributed by atoms with Gasteiger partial charge in [0.2, 0.25) is 5.95 Å². The van der Waals surface area contributed by atoms with Crippen molar-refractivity contribution in [1.82, 2.24) is 19.5 Å². The number of hydrogen-bond donors (Lipinski definition) is 2. The van der Waals surface area contributed by atoms with Crippen molar-refractivity contribution >= 4 is 28.6 Å². The summed E-state index contributed by atoms with van der Waals surface area (Å²) in [5.41, 5.74) is 8.05. The lowest BCUT2D eigenvalue weighted by atomic mass is 10.3. The maximum Gasteiger partial charge on any atom is 0.224 e. The highest BCUT2D eigenvalue weighted by molar-refractivity contribution is 5.86. The van der Waals surface area contributed by atoms with Gasteiger partial charge in [0.1, 0.15) is 0 Å². The third kappa shape index (κ3) is 1.73. The van der Waals surface area contributed by atoms with Gasteiger partial charge in [-0.1, -0.05) is 18.2 Å². The lowest BCUT2D eigenvalue weighted by Gasteiger charge is -2.06. The summed E-state index contributed by atoms with van der Waals surface area (Å²) in [6.45, 7) is 0. The van der Waals surface area contributed by atoms with Crippen molar-refractivity contribution in [3.63, 3.8) is 0 Å². The van der Waals surface area contributed by atoms with Crippen LogP contribution in [0.2, 0.25) is 0 Å². The van der Waals surface area contributed by atoms with Crippen molar-refractivity contribution in [1.29, 1.82) is 0 Å². The number of benzene rings is 1. The van der Waals surface area contributed by atoms with Gasteiger partial charge in [0, 0.05) is 12.7 Å². The van der Waals surface area contributed by atoms with Crippen molar-refractivity contribution in [3.05, 3.63) is 36.7 Å². The number of nitrogens with two attached hydrogens (primary N) is 1. The predicted octanol–water partition coefficient (Wildman–Crippen LogP) is 1.69. The first-order valence-corrected chi connectivity index (χ1v) is 5.50. The van der Waals surface area contributed by atoms with Crippen molar-refractivity contribution in [2.75, 3.05) is 11.1 Å². The summed E-state index contributed by atoms with van der Waals surface area (Å²) < 4.78 is 1.81. The minimum atomic E-state index is 0.226. The molecule has 0 amide bonds. The van der Waals surface area contributed by atoms with Crippen LogP contribution < -0.4 is 11.1 Å². The number of anilines is 3. The van der Waals surface area contributed by atoms with Crippen LogP contribution in [0.4, 0.5) is 17.5 Å². The first-order valence-electron chi connectivity index (χ1n) is 5.50. The number of nitrogens with one attached hydrogen (secondary N) is 1. The standard InChI is InChI=1S/C12H12N6/c1-18-7-14-9-10(16-12(13)17-11(9)18)15-8-5-3-2-4-6-8/h2-7H,1H3,(H3,13,15,16,17). The molecule has 2 aromatic heterocycles. The van der Waals surface area contributed by atoms with E-state index >= 15 is 0 Å². The van der Waals surface area contributed by atoms with Gasteiger partial charge in [-0.3, -0.25) is 0 Å². The van der Waals surface area contributed by atoms with E-state index < -0.39 is 0 Å². The Hall–Kier alpha value is -2.63. The van der Waals surface area contributed by atoms with Crippen LogP contribution in [0, 0.1) is 0 Å². The summed E-state index contributed by atoms with van der Waals surface area (Å²) in [5.74, 6) is 0.842. The fourth-order valence-electron chi connectivity index (χ4n) is 1.77. The average molecular weight is 240 g/mol. The lowest BCUT2D eigenvalue weighted by Crippen LogP contribution is -2.02. The molecular weight excluding hydrogens is 228 g/mol. The van der Waals surface area contributed by atoms with Gasteiger partial charge in [-0.2, -0.15) is 9.97 Å². The molecule has 0 saturated heterocycles. The summed E-state index contributed by atoms with van der Waals surface area (Å²) in [5, 5.41) is 3.19. The minimum absolute atomic E-state index is 0.226. The first kappa shape index (κ1) is 10.5. The Balaban J connectivity index is 2.11. The summed E-state index contributed by atoms with van der Waals surface area (Å²) in [7, 11) is 1.87. The van der Waals surface area contributed by atoms with Crippen LogP contribution in [0.3, 0.4) is 0 Å². The third-order valence-electron chi connectivity index (χ3n) is 2.61. The summed E-state index contributed by atoms with van der Waals surface area (Å²) in [6, 6.07) is 9.75. The molecule has 0 saturated carbocycles. The molecule has 0 spiro atoms. The Bertz CT molecular complexity index is 688. The molecular formula is C12H12N6. The molecule has 0 fully saturated rings. The van der Waals surface area contributed by atoms with Gasteiger partial charge in [-0.05, 0) is 12.1 Å². The van der Waals surface area contributed by atoms with Crippen LogP contribution in [0.1, 0.15) is 0 Å². The Morgan fingerprint density at radius 2 is 1.94 bits per heavy atom. The van der Waals surface area contributed by atoms with Crippen molar-refractivity contribution in [2.24, 2.45) is 7.05 Å². The second kappa shape index (κ2) is 3.99. The molecule has 3 N–H and O–H groups in total. The van der Waals surface area contributed by atoms with Gasteiger partial charge in [-0.15, -0.1) is 0 Å². The molecule has 2 heterocycles. The zero-order valence-corrected chi connectivity index (χ0v) is 9.83. The third-order valence-corrected chi connectivity index (χ3v) is 2.61. The van der Waals surface area contributed by atoms with Gasteiger partial charge in [0.05, 0.1) is 6.33 Å². The van der Waals surface area contributed by atoms with Crippen LogP contribution in [0.25, 0.3) is 11.2 Å². The van der Waals surface area contributed by atoms with E-state index in [0.717, 1.165) is 5.69 Å². The monoisotopic (exact) mass is 240 g/mol. The van der Waals surface area contributed by atoms with Crippen molar-refractivity contribution in [3.8, 4) is 0 Å². The molecule has 6 nitrogen and oxygen atoms in total. The number of rotatable bonds is 2. The number of hydrogen-bond acceptors (Lipinski definition) is 5.